The first kappa shape index (κ1) is 11.2. The van der Waals surface area contributed by atoms with E-state index in [1.54, 1.807) is 13.0 Å². The predicted molar refractivity (Wildman–Crippen MR) is 59.3 cm³/mol. The summed E-state index contributed by atoms with van der Waals surface area (Å²) in [6.45, 7) is 4.30. The fourth-order valence-corrected chi connectivity index (χ4v) is 1.79. The van der Waals surface area contributed by atoms with Crippen molar-refractivity contribution < 1.29 is 14.3 Å². The monoisotopic (exact) mass is 223 g/mol. The van der Waals surface area contributed by atoms with Crippen LogP contribution in [0.5, 0.6) is 0 Å². The first-order chi connectivity index (χ1) is 7.56. The van der Waals surface area contributed by atoms with Crippen molar-refractivity contribution in [3.05, 3.63) is 23.2 Å². The molecule has 1 fully saturated rings. The molecule has 2 rings (SSSR count). The van der Waals surface area contributed by atoms with Crippen LogP contribution in [-0.2, 0) is 0 Å². The lowest BCUT2D eigenvalue weighted by Crippen LogP contribution is -2.31. The Balaban J connectivity index is 1.96. The molecule has 2 N–H and O–H groups in total. The van der Waals surface area contributed by atoms with Gasteiger partial charge in [-0.2, -0.15) is 0 Å². The number of aryl methyl sites for hydroxylation is 2. The molecule has 1 aliphatic rings. The van der Waals surface area contributed by atoms with Crippen molar-refractivity contribution in [2.75, 3.05) is 13.2 Å². The van der Waals surface area contributed by atoms with E-state index in [1.807, 2.05) is 6.92 Å². The summed E-state index contributed by atoms with van der Waals surface area (Å²) in [4.78, 5) is 11.8. The smallest absolute Gasteiger partial charge is 0.254 e. The molecule has 0 saturated heterocycles. The number of aliphatic hydroxyl groups is 1. The Morgan fingerprint density at radius 2 is 2.25 bits per heavy atom. The van der Waals surface area contributed by atoms with Gasteiger partial charge in [0.05, 0.1) is 12.2 Å². The van der Waals surface area contributed by atoms with Crippen molar-refractivity contribution in [1.82, 2.24) is 5.32 Å². The average molecular weight is 223 g/mol. The molecule has 88 valence electrons. The van der Waals surface area contributed by atoms with Gasteiger partial charge < -0.3 is 14.8 Å². The molecule has 1 aromatic rings. The van der Waals surface area contributed by atoms with E-state index in [0.717, 1.165) is 18.6 Å². The van der Waals surface area contributed by atoms with Crippen molar-refractivity contribution in [2.45, 2.75) is 26.7 Å². The number of nitrogens with one attached hydrogen (secondary N) is 1. The highest BCUT2D eigenvalue weighted by Crippen LogP contribution is 2.44. The van der Waals surface area contributed by atoms with Crippen LogP contribution < -0.4 is 5.32 Å². The van der Waals surface area contributed by atoms with E-state index in [0.29, 0.717) is 17.9 Å². The summed E-state index contributed by atoms with van der Waals surface area (Å²) in [5, 5.41) is 12.0. The number of hydrogen-bond acceptors (Lipinski definition) is 3. The molecule has 0 bridgehead atoms. The highest BCUT2D eigenvalue weighted by Gasteiger charge is 2.42. The van der Waals surface area contributed by atoms with E-state index >= 15 is 0 Å². The highest BCUT2D eigenvalue weighted by atomic mass is 16.3. The summed E-state index contributed by atoms with van der Waals surface area (Å²) < 4.78 is 5.30. The van der Waals surface area contributed by atoms with E-state index in [2.05, 4.69) is 5.32 Å². The van der Waals surface area contributed by atoms with Gasteiger partial charge in [-0.05, 0) is 32.8 Å². The summed E-state index contributed by atoms with van der Waals surface area (Å²) in [6, 6.07) is 1.74. The zero-order chi connectivity index (χ0) is 11.8. The zero-order valence-electron chi connectivity index (χ0n) is 9.67. The molecule has 1 amide bonds. The molecule has 1 aromatic heterocycles. The number of carbonyl (C=O) groups is 1. The van der Waals surface area contributed by atoms with Gasteiger partial charge in [-0.1, -0.05) is 0 Å². The maximum atomic E-state index is 11.8. The van der Waals surface area contributed by atoms with Gasteiger partial charge in [0, 0.05) is 12.0 Å². The quantitative estimate of drug-likeness (QED) is 0.811. The topological polar surface area (TPSA) is 62.5 Å². The van der Waals surface area contributed by atoms with Crippen LogP contribution in [0, 0.1) is 19.3 Å². The van der Waals surface area contributed by atoms with Gasteiger partial charge in [0.2, 0.25) is 0 Å². The Kier molecular flexibility index (Phi) is 2.76. The van der Waals surface area contributed by atoms with Gasteiger partial charge in [0.25, 0.3) is 5.91 Å². The molecule has 16 heavy (non-hydrogen) atoms. The molecule has 0 atom stereocenters. The fourth-order valence-electron chi connectivity index (χ4n) is 1.79. The lowest BCUT2D eigenvalue weighted by atomic mass is 10.1. The first-order valence-electron chi connectivity index (χ1n) is 5.52. The minimum Gasteiger partial charge on any atom is -0.466 e. The Morgan fingerprint density at radius 1 is 1.56 bits per heavy atom. The lowest BCUT2D eigenvalue weighted by Gasteiger charge is -2.12. The number of furan rings is 1. The molecule has 0 aromatic carbocycles. The second-order valence-corrected chi connectivity index (χ2v) is 4.67. The van der Waals surface area contributed by atoms with Crippen molar-refractivity contribution in [3.63, 3.8) is 0 Å². The van der Waals surface area contributed by atoms with Crippen LogP contribution in [0.4, 0.5) is 0 Å². The molecular weight excluding hydrogens is 206 g/mol. The molecule has 0 radical (unpaired) electrons. The standard InChI is InChI=1S/C12H17NO3/c1-8-5-10(9(2)16-8)11(15)13-6-12(7-14)3-4-12/h5,14H,3-4,6-7H2,1-2H3,(H,13,15). The van der Waals surface area contributed by atoms with Gasteiger partial charge in [0.1, 0.15) is 11.5 Å². The molecule has 0 aliphatic heterocycles. The second kappa shape index (κ2) is 3.94. The maximum absolute atomic E-state index is 11.8. The Bertz CT molecular complexity index is 404. The minimum atomic E-state index is -0.117. The number of rotatable bonds is 4. The van der Waals surface area contributed by atoms with Crippen molar-refractivity contribution >= 4 is 5.91 Å². The van der Waals surface area contributed by atoms with Gasteiger partial charge in [-0.25, -0.2) is 0 Å². The Morgan fingerprint density at radius 3 is 2.69 bits per heavy atom. The second-order valence-electron chi connectivity index (χ2n) is 4.67. The summed E-state index contributed by atoms with van der Waals surface area (Å²) >= 11 is 0. The van der Waals surface area contributed by atoms with Crippen molar-refractivity contribution in [2.24, 2.45) is 5.41 Å². The average Bonchev–Trinajstić information content (AvgIpc) is 2.96. The van der Waals surface area contributed by atoms with Crippen LogP contribution in [0.15, 0.2) is 10.5 Å². The molecule has 4 nitrogen and oxygen atoms in total. The van der Waals surface area contributed by atoms with Crippen LogP contribution in [0.3, 0.4) is 0 Å². The van der Waals surface area contributed by atoms with Crippen LogP contribution in [0.2, 0.25) is 0 Å². The molecule has 1 heterocycles. The number of amides is 1. The van der Waals surface area contributed by atoms with Gasteiger partial charge in [0.15, 0.2) is 0 Å². The third-order valence-electron chi connectivity index (χ3n) is 3.20. The number of aliphatic hydroxyl groups excluding tert-OH is 1. The van der Waals surface area contributed by atoms with E-state index < -0.39 is 0 Å². The lowest BCUT2D eigenvalue weighted by molar-refractivity contribution is 0.0933. The van der Waals surface area contributed by atoms with Gasteiger partial charge in [-0.3, -0.25) is 4.79 Å². The molecule has 0 unspecified atom stereocenters. The fraction of sp³-hybridized carbons (Fsp3) is 0.583. The molecule has 1 aliphatic carbocycles. The van der Waals surface area contributed by atoms with E-state index in [1.165, 1.54) is 0 Å². The summed E-state index contributed by atoms with van der Waals surface area (Å²) in [5.74, 6) is 1.27. The first-order valence-corrected chi connectivity index (χ1v) is 5.52. The van der Waals surface area contributed by atoms with E-state index in [9.17, 15) is 4.79 Å². The SMILES string of the molecule is Cc1cc(C(=O)NCC2(CO)CC2)c(C)o1. The van der Waals surface area contributed by atoms with Crippen molar-refractivity contribution in [3.8, 4) is 0 Å². The molecule has 4 heteroatoms. The Hall–Kier alpha value is -1.29. The molecule has 1 saturated carbocycles. The van der Waals surface area contributed by atoms with E-state index in [4.69, 9.17) is 9.52 Å². The number of hydrogen-bond donors (Lipinski definition) is 2. The maximum Gasteiger partial charge on any atom is 0.254 e. The van der Waals surface area contributed by atoms with Crippen LogP contribution >= 0.6 is 0 Å². The number of carbonyl (C=O) groups excluding carboxylic acids is 1. The van der Waals surface area contributed by atoms with Gasteiger partial charge in [-0.15, -0.1) is 0 Å². The zero-order valence-corrected chi connectivity index (χ0v) is 9.67. The minimum absolute atomic E-state index is 0.0532. The Labute approximate surface area is 94.6 Å². The summed E-state index contributed by atoms with van der Waals surface area (Å²) in [6.07, 6.45) is 1.99. The van der Waals surface area contributed by atoms with E-state index in [-0.39, 0.29) is 17.9 Å². The highest BCUT2D eigenvalue weighted by molar-refractivity contribution is 5.95. The molecular formula is C12H17NO3. The molecule has 0 spiro atoms. The third-order valence-corrected chi connectivity index (χ3v) is 3.20. The van der Waals surface area contributed by atoms with Crippen molar-refractivity contribution in [1.29, 1.82) is 0 Å². The summed E-state index contributed by atoms with van der Waals surface area (Å²) in [7, 11) is 0. The normalized spacial score (nSPS) is 17.2. The van der Waals surface area contributed by atoms with Gasteiger partial charge >= 0.3 is 0 Å². The third kappa shape index (κ3) is 2.11. The van der Waals surface area contributed by atoms with Crippen LogP contribution in [0.1, 0.15) is 34.7 Å². The van der Waals surface area contributed by atoms with Crippen LogP contribution in [-0.4, -0.2) is 24.2 Å². The largest absolute Gasteiger partial charge is 0.466 e. The summed E-state index contributed by atoms with van der Waals surface area (Å²) in [5.41, 5.74) is 0.536. The predicted octanol–water partition coefficient (Wildman–Crippen LogP) is 1.40. The van der Waals surface area contributed by atoms with Crippen LogP contribution in [0.25, 0.3) is 0 Å².